The molecule has 0 saturated carbocycles. The fraction of sp³-hybridized carbons (Fsp3) is 0.214. The Labute approximate surface area is 99.8 Å². The third-order valence-corrected chi connectivity index (χ3v) is 2.83. The highest BCUT2D eigenvalue weighted by Gasteiger charge is 2.26. The summed E-state index contributed by atoms with van der Waals surface area (Å²) in [6.07, 6.45) is 3.22. The third kappa shape index (κ3) is 2.34. The van der Waals surface area contributed by atoms with Crippen molar-refractivity contribution in [3.63, 3.8) is 0 Å². The first kappa shape index (κ1) is 11.7. The summed E-state index contributed by atoms with van der Waals surface area (Å²) in [6.45, 7) is 3.43. The number of halogens is 1. The fourth-order valence-electron chi connectivity index (χ4n) is 1.83. The highest BCUT2D eigenvalue weighted by molar-refractivity contribution is 5.36. The summed E-state index contributed by atoms with van der Waals surface area (Å²) in [4.78, 5) is 3.97. The minimum atomic E-state index is -1.24. The SMILES string of the molecule is Cc1cc(F)cc(C(C)(O)c2cccnc2)c1. The largest absolute Gasteiger partial charge is 0.381 e. The number of benzene rings is 1. The van der Waals surface area contributed by atoms with Crippen molar-refractivity contribution >= 4 is 0 Å². The smallest absolute Gasteiger partial charge is 0.123 e. The zero-order valence-electron chi connectivity index (χ0n) is 9.81. The highest BCUT2D eigenvalue weighted by Crippen LogP contribution is 2.29. The summed E-state index contributed by atoms with van der Waals surface area (Å²) < 4.78 is 13.3. The summed E-state index contributed by atoms with van der Waals surface area (Å²) in [5, 5.41) is 10.5. The Hall–Kier alpha value is -1.74. The molecule has 1 N–H and O–H groups in total. The second kappa shape index (κ2) is 4.26. The lowest BCUT2D eigenvalue weighted by molar-refractivity contribution is 0.101. The van der Waals surface area contributed by atoms with Crippen LogP contribution in [0.2, 0.25) is 0 Å². The van der Waals surface area contributed by atoms with E-state index in [0.717, 1.165) is 5.56 Å². The molecule has 1 heterocycles. The Morgan fingerprint density at radius 1 is 1.24 bits per heavy atom. The van der Waals surface area contributed by atoms with Gasteiger partial charge in [0.25, 0.3) is 0 Å². The molecule has 1 unspecified atom stereocenters. The van der Waals surface area contributed by atoms with E-state index in [0.29, 0.717) is 11.1 Å². The predicted octanol–water partition coefficient (Wildman–Crippen LogP) is 2.78. The zero-order chi connectivity index (χ0) is 12.5. The predicted molar refractivity (Wildman–Crippen MR) is 64.0 cm³/mol. The molecule has 0 bridgehead atoms. The second-order valence-electron chi connectivity index (χ2n) is 4.33. The number of rotatable bonds is 2. The lowest BCUT2D eigenvalue weighted by Crippen LogP contribution is -2.23. The molecule has 0 saturated heterocycles. The molecule has 2 aromatic rings. The standard InChI is InChI=1S/C14H14FNO/c1-10-6-12(8-13(15)7-10)14(2,17)11-4-3-5-16-9-11/h3-9,17H,1-2H3. The number of aromatic nitrogens is 1. The number of hydrogen-bond acceptors (Lipinski definition) is 2. The van der Waals surface area contributed by atoms with E-state index in [2.05, 4.69) is 4.98 Å². The molecule has 2 rings (SSSR count). The molecular formula is C14H14FNO. The van der Waals surface area contributed by atoms with Crippen molar-refractivity contribution in [2.45, 2.75) is 19.4 Å². The first-order chi connectivity index (χ1) is 8.00. The van der Waals surface area contributed by atoms with Crippen LogP contribution in [0.5, 0.6) is 0 Å². The minimum absolute atomic E-state index is 0.343. The molecule has 2 nitrogen and oxygen atoms in total. The molecule has 88 valence electrons. The van der Waals surface area contributed by atoms with Crippen molar-refractivity contribution in [1.82, 2.24) is 4.98 Å². The van der Waals surface area contributed by atoms with Gasteiger partial charge in [0, 0.05) is 18.0 Å². The van der Waals surface area contributed by atoms with Crippen LogP contribution in [0, 0.1) is 12.7 Å². The van der Waals surface area contributed by atoms with Crippen LogP contribution in [-0.2, 0) is 5.60 Å². The van der Waals surface area contributed by atoms with Gasteiger partial charge >= 0.3 is 0 Å². The van der Waals surface area contributed by atoms with Crippen molar-refractivity contribution < 1.29 is 9.50 Å². The van der Waals surface area contributed by atoms with Crippen LogP contribution in [0.3, 0.4) is 0 Å². The van der Waals surface area contributed by atoms with E-state index in [1.54, 1.807) is 44.4 Å². The van der Waals surface area contributed by atoms with E-state index < -0.39 is 5.60 Å². The average Bonchev–Trinajstić information content (AvgIpc) is 2.29. The van der Waals surface area contributed by atoms with Gasteiger partial charge in [-0.1, -0.05) is 12.1 Å². The van der Waals surface area contributed by atoms with Gasteiger partial charge in [0.1, 0.15) is 11.4 Å². The highest BCUT2D eigenvalue weighted by atomic mass is 19.1. The molecule has 0 spiro atoms. The maximum atomic E-state index is 13.3. The Balaban J connectivity index is 2.51. The van der Waals surface area contributed by atoms with Gasteiger partial charge in [-0.2, -0.15) is 0 Å². The number of hydrogen-bond donors (Lipinski definition) is 1. The second-order valence-corrected chi connectivity index (χ2v) is 4.33. The van der Waals surface area contributed by atoms with E-state index in [1.165, 1.54) is 12.1 Å². The fourth-order valence-corrected chi connectivity index (χ4v) is 1.83. The Morgan fingerprint density at radius 2 is 2.00 bits per heavy atom. The molecule has 0 radical (unpaired) electrons. The summed E-state index contributed by atoms with van der Waals surface area (Å²) in [6, 6.07) is 8.07. The molecule has 1 aromatic heterocycles. The van der Waals surface area contributed by atoms with Crippen LogP contribution in [0.15, 0.2) is 42.7 Å². The van der Waals surface area contributed by atoms with E-state index in [1.807, 2.05) is 0 Å². The molecule has 17 heavy (non-hydrogen) atoms. The van der Waals surface area contributed by atoms with Gasteiger partial charge in [-0.05, 0) is 43.2 Å². The molecule has 0 amide bonds. The van der Waals surface area contributed by atoms with Gasteiger partial charge in [-0.3, -0.25) is 4.98 Å². The molecule has 3 heteroatoms. The van der Waals surface area contributed by atoms with Crippen LogP contribution in [0.4, 0.5) is 4.39 Å². The summed E-state index contributed by atoms with van der Waals surface area (Å²) >= 11 is 0. The number of aryl methyl sites for hydroxylation is 1. The van der Waals surface area contributed by atoms with Crippen molar-refractivity contribution in [3.05, 3.63) is 65.2 Å². The lowest BCUT2D eigenvalue weighted by Gasteiger charge is -2.24. The monoisotopic (exact) mass is 231 g/mol. The Bertz CT molecular complexity index is 503. The van der Waals surface area contributed by atoms with Gasteiger partial charge in [-0.25, -0.2) is 4.39 Å². The molecular weight excluding hydrogens is 217 g/mol. The summed E-state index contributed by atoms with van der Waals surface area (Å²) in [5.74, 6) is -0.343. The number of aliphatic hydroxyl groups is 1. The Morgan fingerprint density at radius 3 is 2.59 bits per heavy atom. The van der Waals surface area contributed by atoms with Crippen molar-refractivity contribution in [1.29, 1.82) is 0 Å². The first-order valence-corrected chi connectivity index (χ1v) is 5.41. The maximum Gasteiger partial charge on any atom is 0.123 e. The first-order valence-electron chi connectivity index (χ1n) is 5.41. The van der Waals surface area contributed by atoms with E-state index in [4.69, 9.17) is 0 Å². The average molecular weight is 231 g/mol. The lowest BCUT2D eigenvalue weighted by atomic mass is 9.88. The van der Waals surface area contributed by atoms with Crippen molar-refractivity contribution in [2.24, 2.45) is 0 Å². The number of pyridine rings is 1. The third-order valence-electron chi connectivity index (χ3n) is 2.83. The summed E-state index contributed by atoms with van der Waals surface area (Å²) in [5.41, 5.74) is 0.721. The normalized spacial score (nSPS) is 14.4. The van der Waals surface area contributed by atoms with Gasteiger partial charge in [-0.15, -0.1) is 0 Å². The van der Waals surface area contributed by atoms with Crippen LogP contribution in [0.25, 0.3) is 0 Å². The quantitative estimate of drug-likeness (QED) is 0.862. The van der Waals surface area contributed by atoms with Gasteiger partial charge in [0.2, 0.25) is 0 Å². The van der Waals surface area contributed by atoms with Crippen LogP contribution < -0.4 is 0 Å². The minimum Gasteiger partial charge on any atom is -0.381 e. The zero-order valence-corrected chi connectivity index (χ0v) is 9.81. The number of nitrogens with zero attached hydrogens (tertiary/aromatic N) is 1. The van der Waals surface area contributed by atoms with Gasteiger partial charge in [0.05, 0.1) is 0 Å². The maximum absolute atomic E-state index is 13.3. The van der Waals surface area contributed by atoms with Crippen LogP contribution in [0.1, 0.15) is 23.6 Å². The van der Waals surface area contributed by atoms with E-state index in [9.17, 15) is 9.50 Å². The topological polar surface area (TPSA) is 33.1 Å². The van der Waals surface area contributed by atoms with Crippen LogP contribution in [-0.4, -0.2) is 10.1 Å². The van der Waals surface area contributed by atoms with Crippen molar-refractivity contribution in [3.8, 4) is 0 Å². The van der Waals surface area contributed by atoms with Gasteiger partial charge < -0.3 is 5.11 Å². The van der Waals surface area contributed by atoms with Crippen molar-refractivity contribution in [2.75, 3.05) is 0 Å². The molecule has 0 aliphatic rings. The van der Waals surface area contributed by atoms with E-state index >= 15 is 0 Å². The van der Waals surface area contributed by atoms with Gasteiger partial charge in [0.15, 0.2) is 0 Å². The molecule has 1 atom stereocenters. The van der Waals surface area contributed by atoms with Crippen LogP contribution >= 0.6 is 0 Å². The summed E-state index contributed by atoms with van der Waals surface area (Å²) in [7, 11) is 0. The van der Waals surface area contributed by atoms with E-state index in [-0.39, 0.29) is 5.82 Å². The molecule has 0 fully saturated rings. The molecule has 0 aliphatic heterocycles. The molecule has 1 aromatic carbocycles. The Kier molecular flexibility index (Phi) is 2.94. The molecule has 0 aliphatic carbocycles.